The molecule has 7 heteroatoms. The number of rotatable bonds is 2. The SMILES string of the molecule is N#Cc1ccc(Cl)c(Nc2nc(Br)cn3ccnc23)c1. The van der Waals surface area contributed by atoms with Gasteiger partial charge in [-0.15, -0.1) is 0 Å². The second-order valence-electron chi connectivity index (χ2n) is 4.00. The van der Waals surface area contributed by atoms with E-state index >= 15 is 0 Å². The van der Waals surface area contributed by atoms with E-state index in [4.69, 9.17) is 16.9 Å². The van der Waals surface area contributed by atoms with Crippen molar-refractivity contribution in [2.45, 2.75) is 0 Å². The molecular weight excluding hydrogens is 342 g/mol. The molecule has 20 heavy (non-hydrogen) atoms. The molecule has 0 amide bonds. The molecule has 0 atom stereocenters. The van der Waals surface area contributed by atoms with E-state index in [1.807, 2.05) is 10.6 Å². The largest absolute Gasteiger partial charge is 0.336 e. The molecule has 0 bridgehead atoms. The van der Waals surface area contributed by atoms with Crippen molar-refractivity contribution in [2.75, 3.05) is 5.32 Å². The lowest BCUT2D eigenvalue weighted by Gasteiger charge is -2.09. The summed E-state index contributed by atoms with van der Waals surface area (Å²) in [6, 6.07) is 7.08. The zero-order valence-electron chi connectivity index (χ0n) is 10.0. The Morgan fingerprint density at radius 2 is 2.25 bits per heavy atom. The van der Waals surface area contributed by atoms with Gasteiger partial charge in [-0.05, 0) is 34.1 Å². The van der Waals surface area contributed by atoms with Gasteiger partial charge in [-0.25, -0.2) is 9.97 Å². The highest BCUT2D eigenvalue weighted by atomic mass is 79.9. The first-order valence-electron chi connectivity index (χ1n) is 5.63. The fourth-order valence-corrected chi connectivity index (χ4v) is 2.37. The summed E-state index contributed by atoms with van der Waals surface area (Å²) in [5, 5.41) is 12.6. The van der Waals surface area contributed by atoms with Crippen LogP contribution in [0.2, 0.25) is 5.02 Å². The third-order valence-corrected chi connectivity index (χ3v) is 3.40. The predicted molar refractivity (Wildman–Crippen MR) is 80.1 cm³/mol. The van der Waals surface area contributed by atoms with Gasteiger partial charge in [0.15, 0.2) is 11.5 Å². The van der Waals surface area contributed by atoms with Crippen molar-refractivity contribution < 1.29 is 0 Å². The predicted octanol–water partition coefficient (Wildman–Crippen LogP) is 3.76. The standard InChI is InChI=1S/C13H7BrClN5/c14-11-7-20-4-3-17-13(20)12(19-11)18-10-5-8(6-16)1-2-9(10)15/h1-5,7H,(H,18,19). The maximum absolute atomic E-state index is 8.94. The molecule has 0 saturated heterocycles. The van der Waals surface area contributed by atoms with Crippen molar-refractivity contribution in [1.82, 2.24) is 14.4 Å². The number of aromatic nitrogens is 3. The van der Waals surface area contributed by atoms with Crippen molar-refractivity contribution >= 4 is 44.7 Å². The van der Waals surface area contributed by atoms with E-state index in [1.54, 1.807) is 30.6 Å². The molecule has 0 aliphatic carbocycles. The lowest BCUT2D eigenvalue weighted by Crippen LogP contribution is -1.99. The van der Waals surface area contributed by atoms with Gasteiger partial charge < -0.3 is 9.72 Å². The number of hydrogen-bond donors (Lipinski definition) is 1. The van der Waals surface area contributed by atoms with Crippen LogP contribution in [0.5, 0.6) is 0 Å². The van der Waals surface area contributed by atoms with Crippen LogP contribution in [0.4, 0.5) is 11.5 Å². The van der Waals surface area contributed by atoms with Crippen LogP contribution in [0.15, 0.2) is 41.4 Å². The Kier molecular flexibility index (Phi) is 3.30. The first-order valence-corrected chi connectivity index (χ1v) is 6.80. The second kappa shape index (κ2) is 5.12. The number of nitriles is 1. The highest BCUT2D eigenvalue weighted by Crippen LogP contribution is 2.28. The molecule has 3 rings (SSSR count). The molecular formula is C13H7BrClN5. The number of fused-ring (bicyclic) bond motifs is 1. The van der Waals surface area contributed by atoms with Crippen molar-refractivity contribution in [3.63, 3.8) is 0 Å². The van der Waals surface area contributed by atoms with Gasteiger partial charge in [-0.1, -0.05) is 11.6 Å². The van der Waals surface area contributed by atoms with Gasteiger partial charge in [-0.2, -0.15) is 5.26 Å². The molecule has 0 radical (unpaired) electrons. The van der Waals surface area contributed by atoms with E-state index in [0.29, 0.717) is 32.3 Å². The van der Waals surface area contributed by atoms with Crippen molar-refractivity contribution in [2.24, 2.45) is 0 Å². The van der Waals surface area contributed by atoms with Crippen LogP contribution in [-0.2, 0) is 0 Å². The number of nitrogens with one attached hydrogen (secondary N) is 1. The maximum Gasteiger partial charge on any atom is 0.180 e. The molecule has 0 spiro atoms. The van der Waals surface area contributed by atoms with E-state index in [9.17, 15) is 0 Å². The van der Waals surface area contributed by atoms with Crippen LogP contribution in [0, 0.1) is 11.3 Å². The summed E-state index contributed by atoms with van der Waals surface area (Å²) in [5.41, 5.74) is 1.80. The molecule has 2 aromatic heterocycles. The summed E-state index contributed by atoms with van der Waals surface area (Å²) in [6.45, 7) is 0. The number of anilines is 2. The Morgan fingerprint density at radius 1 is 1.40 bits per heavy atom. The van der Waals surface area contributed by atoms with E-state index in [-0.39, 0.29) is 0 Å². The molecule has 3 aromatic rings. The maximum atomic E-state index is 8.94. The first kappa shape index (κ1) is 12.9. The summed E-state index contributed by atoms with van der Waals surface area (Å²) in [4.78, 5) is 8.58. The number of nitrogens with zero attached hydrogens (tertiary/aromatic N) is 4. The van der Waals surface area contributed by atoms with E-state index in [1.165, 1.54) is 0 Å². The molecule has 0 aliphatic rings. The number of halogens is 2. The average Bonchev–Trinajstić information content (AvgIpc) is 2.89. The Hall–Kier alpha value is -2.10. The quantitative estimate of drug-likeness (QED) is 0.766. The molecule has 2 heterocycles. The number of benzene rings is 1. The summed E-state index contributed by atoms with van der Waals surface area (Å²) in [6.07, 6.45) is 5.31. The molecule has 1 aromatic carbocycles. The average molecular weight is 349 g/mol. The summed E-state index contributed by atoms with van der Waals surface area (Å²) in [5.74, 6) is 0.557. The van der Waals surface area contributed by atoms with Crippen LogP contribution in [0.1, 0.15) is 5.56 Å². The summed E-state index contributed by atoms with van der Waals surface area (Å²) < 4.78 is 2.50. The molecule has 98 valence electrons. The number of hydrogen-bond acceptors (Lipinski definition) is 4. The molecule has 0 fully saturated rings. The lowest BCUT2D eigenvalue weighted by atomic mass is 10.2. The van der Waals surface area contributed by atoms with Crippen molar-refractivity contribution in [3.05, 3.63) is 52.0 Å². The Labute approximate surface area is 128 Å². The monoisotopic (exact) mass is 347 g/mol. The fourth-order valence-electron chi connectivity index (χ4n) is 1.80. The van der Waals surface area contributed by atoms with Gasteiger partial charge in [-0.3, -0.25) is 0 Å². The molecule has 0 aliphatic heterocycles. The normalized spacial score (nSPS) is 10.4. The van der Waals surface area contributed by atoms with Gasteiger partial charge in [0, 0.05) is 18.6 Å². The van der Waals surface area contributed by atoms with Crippen LogP contribution in [0.3, 0.4) is 0 Å². The zero-order chi connectivity index (χ0) is 14.1. The van der Waals surface area contributed by atoms with Crippen molar-refractivity contribution in [1.29, 1.82) is 5.26 Å². The van der Waals surface area contributed by atoms with E-state index in [0.717, 1.165) is 0 Å². The fraction of sp³-hybridized carbons (Fsp3) is 0. The minimum Gasteiger partial charge on any atom is -0.336 e. The Bertz CT molecular complexity index is 836. The third kappa shape index (κ3) is 2.33. The highest BCUT2D eigenvalue weighted by Gasteiger charge is 2.09. The Balaban J connectivity index is 2.09. The minimum absolute atomic E-state index is 0.510. The molecule has 0 unspecified atom stereocenters. The molecule has 0 saturated carbocycles. The van der Waals surface area contributed by atoms with Crippen LogP contribution >= 0.6 is 27.5 Å². The van der Waals surface area contributed by atoms with Gasteiger partial charge in [0.05, 0.1) is 22.3 Å². The summed E-state index contributed by atoms with van der Waals surface area (Å²) in [7, 11) is 0. The molecule has 5 nitrogen and oxygen atoms in total. The number of imidazole rings is 1. The van der Waals surface area contributed by atoms with Crippen LogP contribution in [-0.4, -0.2) is 14.4 Å². The smallest absolute Gasteiger partial charge is 0.180 e. The van der Waals surface area contributed by atoms with Gasteiger partial charge >= 0.3 is 0 Å². The van der Waals surface area contributed by atoms with E-state index < -0.39 is 0 Å². The van der Waals surface area contributed by atoms with Crippen LogP contribution in [0.25, 0.3) is 5.65 Å². The minimum atomic E-state index is 0.510. The topological polar surface area (TPSA) is 66.0 Å². The van der Waals surface area contributed by atoms with E-state index in [2.05, 4.69) is 37.3 Å². The van der Waals surface area contributed by atoms with Crippen molar-refractivity contribution in [3.8, 4) is 6.07 Å². The van der Waals surface area contributed by atoms with Crippen LogP contribution < -0.4 is 5.32 Å². The Morgan fingerprint density at radius 3 is 3.05 bits per heavy atom. The molecule has 1 N–H and O–H groups in total. The third-order valence-electron chi connectivity index (χ3n) is 2.69. The zero-order valence-corrected chi connectivity index (χ0v) is 12.4. The van der Waals surface area contributed by atoms with Gasteiger partial charge in [0.1, 0.15) is 4.60 Å². The first-order chi connectivity index (χ1) is 9.67. The summed E-state index contributed by atoms with van der Waals surface area (Å²) >= 11 is 9.47. The van der Waals surface area contributed by atoms with Gasteiger partial charge in [0.25, 0.3) is 0 Å². The lowest BCUT2D eigenvalue weighted by molar-refractivity contribution is 1.10. The second-order valence-corrected chi connectivity index (χ2v) is 5.22. The highest BCUT2D eigenvalue weighted by molar-refractivity contribution is 9.10. The van der Waals surface area contributed by atoms with Gasteiger partial charge in [0.2, 0.25) is 0 Å².